The van der Waals surface area contributed by atoms with Gasteiger partial charge in [0.25, 0.3) is 0 Å². The van der Waals surface area contributed by atoms with Crippen molar-refractivity contribution in [3.8, 4) is 0 Å². The molecule has 8 heteroatoms. The summed E-state index contributed by atoms with van der Waals surface area (Å²) in [6.45, 7) is 0.222. The first-order chi connectivity index (χ1) is 10.3. The van der Waals surface area contributed by atoms with Crippen LogP contribution in [0.3, 0.4) is 0 Å². The maximum absolute atomic E-state index is 12.3. The predicted molar refractivity (Wildman–Crippen MR) is 79.1 cm³/mol. The molecule has 1 fully saturated rings. The Labute approximate surface area is 131 Å². The fourth-order valence-corrected chi connectivity index (χ4v) is 2.55. The molecule has 1 saturated heterocycles. The summed E-state index contributed by atoms with van der Waals surface area (Å²) >= 11 is 5.74. The standard InChI is InChI=1S/C14H17ClF3N3O/c15-11-1-3-12(4-2-11)20-13(22)19-7-10-5-6-21(8-10)9-14(16,17)18/h1-4,10H,5-9H2,(H2,19,20,22)/t10-/m1/s1. The number of benzene rings is 1. The van der Waals surface area contributed by atoms with Crippen LogP contribution in [0.1, 0.15) is 6.42 Å². The van der Waals surface area contributed by atoms with E-state index in [0.29, 0.717) is 36.8 Å². The molecule has 1 aliphatic heterocycles. The van der Waals surface area contributed by atoms with E-state index in [1.165, 1.54) is 4.90 Å². The Kier molecular flexibility index (Phi) is 5.52. The van der Waals surface area contributed by atoms with Crippen LogP contribution in [-0.2, 0) is 0 Å². The van der Waals surface area contributed by atoms with Gasteiger partial charge in [-0.15, -0.1) is 0 Å². The fraction of sp³-hybridized carbons (Fsp3) is 0.500. The van der Waals surface area contributed by atoms with Crippen LogP contribution in [0.5, 0.6) is 0 Å². The molecule has 1 aliphatic rings. The molecule has 1 aromatic carbocycles. The quantitative estimate of drug-likeness (QED) is 0.886. The van der Waals surface area contributed by atoms with Gasteiger partial charge in [-0.3, -0.25) is 4.90 Å². The van der Waals surface area contributed by atoms with Crippen LogP contribution in [0.15, 0.2) is 24.3 Å². The van der Waals surface area contributed by atoms with Crippen LogP contribution in [-0.4, -0.2) is 43.3 Å². The SMILES string of the molecule is O=C(NC[C@H]1CCN(CC(F)(F)F)C1)Nc1ccc(Cl)cc1. The molecular formula is C14H17ClF3N3O. The fourth-order valence-electron chi connectivity index (χ4n) is 2.42. The van der Waals surface area contributed by atoms with E-state index in [-0.39, 0.29) is 11.9 Å². The third-order valence-electron chi connectivity index (χ3n) is 3.43. The number of urea groups is 1. The average Bonchev–Trinajstić information content (AvgIpc) is 2.84. The number of carbonyl (C=O) groups is 1. The lowest BCUT2D eigenvalue weighted by molar-refractivity contribution is -0.143. The minimum Gasteiger partial charge on any atom is -0.338 e. The van der Waals surface area contributed by atoms with Crippen molar-refractivity contribution in [2.24, 2.45) is 5.92 Å². The molecule has 2 rings (SSSR count). The molecule has 0 saturated carbocycles. The van der Waals surface area contributed by atoms with Gasteiger partial charge < -0.3 is 10.6 Å². The Balaban J connectivity index is 1.70. The normalized spacial score (nSPS) is 19.2. The molecule has 1 atom stereocenters. The van der Waals surface area contributed by atoms with E-state index in [9.17, 15) is 18.0 Å². The summed E-state index contributed by atoms with van der Waals surface area (Å²) < 4.78 is 36.9. The zero-order chi connectivity index (χ0) is 16.2. The number of alkyl halides is 3. The second-order valence-electron chi connectivity index (χ2n) is 5.35. The first-order valence-corrected chi connectivity index (χ1v) is 7.29. The Morgan fingerprint density at radius 2 is 2.00 bits per heavy atom. The summed E-state index contributed by atoms with van der Waals surface area (Å²) in [5.41, 5.74) is 0.604. The molecule has 1 aromatic rings. The first-order valence-electron chi connectivity index (χ1n) is 6.91. The number of anilines is 1. The van der Waals surface area contributed by atoms with Crippen molar-refractivity contribution >= 4 is 23.3 Å². The van der Waals surface area contributed by atoms with Crippen molar-refractivity contribution in [1.29, 1.82) is 0 Å². The molecule has 122 valence electrons. The summed E-state index contributed by atoms with van der Waals surface area (Å²) in [5, 5.41) is 5.89. The van der Waals surface area contributed by atoms with E-state index in [1.54, 1.807) is 24.3 Å². The van der Waals surface area contributed by atoms with Gasteiger partial charge >= 0.3 is 12.2 Å². The van der Waals surface area contributed by atoms with Gasteiger partial charge in [-0.05, 0) is 43.1 Å². The third-order valence-corrected chi connectivity index (χ3v) is 3.68. The van der Waals surface area contributed by atoms with Crippen LogP contribution in [0.2, 0.25) is 5.02 Å². The number of hydrogen-bond acceptors (Lipinski definition) is 2. The number of rotatable bonds is 4. The van der Waals surface area contributed by atoms with E-state index < -0.39 is 12.7 Å². The van der Waals surface area contributed by atoms with Gasteiger partial charge in [0.15, 0.2) is 0 Å². The highest BCUT2D eigenvalue weighted by molar-refractivity contribution is 6.30. The zero-order valence-corrected chi connectivity index (χ0v) is 12.5. The van der Waals surface area contributed by atoms with E-state index in [4.69, 9.17) is 11.6 Å². The first kappa shape index (κ1) is 16.9. The maximum Gasteiger partial charge on any atom is 0.401 e. The van der Waals surface area contributed by atoms with Crippen LogP contribution in [0, 0.1) is 5.92 Å². The number of amides is 2. The number of nitrogens with one attached hydrogen (secondary N) is 2. The van der Waals surface area contributed by atoms with E-state index in [2.05, 4.69) is 10.6 Å². The predicted octanol–water partition coefficient (Wildman–Crippen LogP) is 3.35. The van der Waals surface area contributed by atoms with Crippen molar-refractivity contribution in [1.82, 2.24) is 10.2 Å². The van der Waals surface area contributed by atoms with E-state index in [0.717, 1.165) is 0 Å². The molecule has 0 spiro atoms. The zero-order valence-electron chi connectivity index (χ0n) is 11.8. The number of nitrogens with zero attached hydrogens (tertiary/aromatic N) is 1. The van der Waals surface area contributed by atoms with Crippen molar-refractivity contribution < 1.29 is 18.0 Å². The molecule has 0 bridgehead atoms. The molecule has 22 heavy (non-hydrogen) atoms. The van der Waals surface area contributed by atoms with Crippen LogP contribution >= 0.6 is 11.6 Å². The summed E-state index contributed by atoms with van der Waals surface area (Å²) in [6.07, 6.45) is -3.52. The molecule has 1 heterocycles. The Morgan fingerprint density at radius 1 is 1.32 bits per heavy atom. The average molecular weight is 336 g/mol. The van der Waals surface area contributed by atoms with Gasteiger partial charge in [0, 0.05) is 23.8 Å². The number of halogens is 4. The molecule has 4 nitrogen and oxygen atoms in total. The van der Waals surface area contributed by atoms with Crippen molar-refractivity contribution in [2.45, 2.75) is 12.6 Å². The lowest BCUT2D eigenvalue weighted by Crippen LogP contribution is -2.36. The molecular weight excluding hydrogens is 319 g/mol. The minimum atomic E-state index is -4.17. The van der Waals surface area contributed by atoms with Crippen LogP contribution < -0.4 is 10.6 Å². The summed E-state index contributed by atoms with van der Waals surface area (Å²) in [4.78, 5) is 13.1. The van der Waals surface area contributed by atoms with E-state index in [1.807, 2.05) is 0 Å². The molecule has 0 aliphatic carbocycles. The topological polar surface area (TPSA) is 44.4 Å². The van der Waals surface area contributed by atoms with Crippen LogP contribution in [0.25, 0.3) is 0 Å². The Morgan fingerprint density at radius 3 is 2.64 bits per heavy atom. The maximum atomic E-state index is 12.3. The number of carbonyl (C=O) groups excluding carboxylic acids is 1. The van der Waals surface area contributed by atoms with E-state index >= 15 is 0 Å². The van der Waals surface area contributed by atoms with Gasteiger partial charge in [0.1, 0.15) is 0 Å². The van der Waals surface area contributed by atoms with Crippen molar-refractivity contribution in [2.75, 3.05) is 31.5 Å². The summed E-state index contributed by atoms with van der Waals surface area (Å²) in [5.74, 6) is 0.0401. The lowest BCUT2D eigenvalue weighted by Gasteiger charge is -2.18. The smallest absolute Gasteiger partial charge is 0.338 e. The summed E-state index contributed by atoms with van der Waals surface area (Å²) in [6, 6.07) is 6.27. The molecule has 0 aromatic heterocycles. The van der Waals surface area contributed by atoms with Gasteiger partial charge in [-0.1, -0.05) is 11.6 Å². The highest BCUT2D eigenvalue weighted by atomic mass is 35.5. The molecule has 2 N–H and O–H groups in total. The van der Waals surface area contributed by atoms with Gasteiger partial charge in [-0.25, -0.2) is 4.79 Å². The highest BCUT2D eigenvalue weighted by Crippen LogP contribution is 2.22. The lowest BCUT2D eigenvalue weighted by atomic mass is 10.1. The van der Waals surface area contributed by atoms with Gasteiger partial charge in [-0.2, -0.15) is 13.2 Å². The monoisotopic (exact) mass is 335 g/mol. The molecule has 2 amide bonds. The largest absolute Gasteiger partial charge is 0.401 e. The van der Waals surface area contributed by atoms with Crippen molar-refractivity contribution in [3.05, 3.63) is 29.3 Å². The van der Waals surface area contributed by atoms with Crippen LogP contribution in [0.4, 0.5) is 23.7 Å². The van der Waals surface area contributed by atoms with Gasteiger partial charge in [0.2, 0.25) is 0 Å². The van der Waals surface area contributed by atoms with Gasteiger partial charge in [0.05, 0.1) is 6.54 Å². The third kappa shape index (κ3) is 5.73. The van der Waals surface area contributed by atoms with Crippen molar-refractivity contribution in [3.63, 3.8) is 0 Å². The molecule has 0 radical (unpaired) electrons. The number of hydrogen-bond donors (Lipinski definition) is 2. The number of likely N-dealkylation sites (tertiary alicyclic amines) is 1. The summed E-state index contributed by atoms with van der Waals surface area (Å²) in [7, 11) is 0. The second kappa shape index (κ2) is 7.19. The Hall–Kier alpha value is -1.47. The molecule has 0 unspecified atom stereocenters. The highest BCUT2D eigenvalue weighted by Gasteiger charge is 2.34. The minimum absolute atomic E-state index is 0.0401. The second-order valence-corrected chi connectivity index (χ2v) is 5.78. The Bertz CT molecular complexity index is 507.